The van der Waals surface area contributed by atoms with Gasteiger partial charge in [0.1, 0.15) is 22.6 Å². The van der Waals surface area contributed by atoms with Crippen molar-refractivity contribution in [2.45, 2.75) is 0 Å². The fourth-order valence-electron chi connectivity index (χ4n) is 7.63. The van der Waals surface area contributed by atoms with Crippen LogP contribution in [0.25, 0.3) is 44.1 Å². The third kappa shape index (κ3) is 20.6. The summed E-state index contributed by atoms with van der Waals surface area (Å²) in [6.07, 6.45) is 6.39. The number of hydrogen-bond donors (Lipinski definition) is 3. The molecule has 12 aromatic rings. The standard InChI is InChI=1S/C16H10Cl2N2O3.C8H6Cl2O3.2C8H6Cl2O2.3C8H6N2O.H2O/c1-22-15-10(18)7-6-9(17)14(15)16(21)23-13-8-19-11-4-2-3-5-12(11)20-13;1-13-7-5(10)3-2-4(9)6(7)8(11)12;2*1-12-8-5(4-11)6(9)2-3-7(8)10;3*11-8-5-9-6-3-1-2-4-7(6)10-8;/h2-8H,1H3;2-3H,1H3,(H,11,12);2*2-4H,1H3;3*1-5H,(H,10,11);1H2/p-1. The van der Waals surface area contributed by atoms with Crippen LogP contribution in [0.4, 0.5) is 0 Å². The maximum atomic E-state index is 12.4. The van der Waals surface area contributed by atoms with Crippen LogP contribution in [-0.4, -0.2) is 103 Å². The van der Waals surface area contributed by atoms with E-state index in [1.54, 1.807) is 36.4 Å². The first kappa shape index (κ1) is 75.0. The van der Waals surface area contributed by atoms with Crippen LogP contribution in [0.1, 0.15) is 41.4 Å². The molecule has 0 spiro atoms. The van der Waals surface area contributed by atoms with Crippen molar-refractivity contribution >= 4 is 161 Å². The summed E-state index contributed by atoms with van der Waals surface area (Å²) in [6, 6.07) is 41.6. The molecule has 0 atom stereocenters. The van der Waals surface area contributed by atoms with E-state index in [-0.39, 0.29) is 82.2 Å². The number of carbonyl (C=O) groups excluding carboxylic acids is 3. The van der Waals surface area contributed by atoms with Gasteiger partial charge in [-0.1, -0.05) is 141 Å². The van der Waals surface area contributed by atoms with E-state index in [9.17, 15) is 33.9 Å². The molecule has 30 heteroatoms. The lowest BCUT2D eigenvalue weighted by Crippen LogP contribution is -2.12. The van der Waals surface area contributed by atoms with Crippen LogP contribution in [0, 0.1) is 0 Å². The zero-order chi connectivity index (χ0) is 67.7. The lowest BCUT2D eigenvalue weighted by molar-refractivity contribution is -0.275. The summed E-state index contributed by atoms with van der Waals surface area (Å²) in [5, 5.41) is 21.7. The van der Waals surface area contributed by atoms with Gasteiger partial charge in [0.15, 0.2) is 24.1 Å². The molecule has 0 bridgehead atoms. The zero-order valence-electron chi connectivity index (χ0n) is 48.9. The molecule has 5 N–H and O–H groups in total. The van der Waals surface area contributed by atoms with E-state index < -0.39 is 11.9 Å². The van der Waals surface area contributed by atoms with Gasteiger partial charge in [-0.3, -0.25) is 29.1 Å². The highest BCUT2D eigenvalue weighted by atomic mass is 35.5. The van der Waals surface area contributed by atoms with Gasteiger partial charge in [0.25, 0.3) is 11.1 Å². The van der Waals surface area contributed by atoms with Crippen LogP contribution in [0.2, 0.25) is 40.2 Å². The van der Waals surface area contributed by atoms with Crippen LogP contribution in [0.5, 0.6) is 34.8 Å². The fraction of sp³-hybridized carbons (Fsp3) is 0.0625. The molecule has 0 unspecified atom stereocenters. The van der Waals surface area contributed by atoms with Crippen LogP contribution >= 0.6 is 92.8 Å². The number of esters is 1. The Morgan fingerprint density at radius 2 is 0.755 bits per heavy atom. The number of rotatable bonds is 9. The Kier molecular flexibility index (Phi) is 29.6. The predicted octanol–water partition coefficient (Wildman–Crippen LogP) is 14.2. The number of para-hydroxylation sites is 8. The Hall–Kier alpha value is -9.72. The highest BCUT2D eigenvalue weighted by Crippen LogP contribution is 2.37. The molecule has 0 saturated carbocycles. The van der Waals surface area contributed by atoms with Crippen molar-refractivity contribution in [2.75, 3.05) is 28.4 Å². The van der Waals surface area contributed by atoms with Crippen LogP contribution < -0.4 is 39.9 Å². The fourth-order valence-corrected chi connectivity index (χ4v) is 9.43. The first-order chi connectivity index (χ1) is 44.7. The number of hydrogen-bond acceptors (Lipinski definition) is 18. The Morgan fingerprint density at radius 3 is 1.15 bits per heavy atom. The number of aromatic nitrogens is 8. The molecule has 0 aliphatic heterocycles. The number of halogens is 8. The third-order valence-corrected chi connectivity index (χ3v) is 14.3. The molecule has 8 aromatic carbocycles. The monoisotopic (exact) mass is 1430 g/mol. The lowest BCUT2D eigenvalue weighted by Gasteiger charge is -2.11. The molecule has 0 amide bonds. The number of carbonyl (C=O) groups is 4. The van der Waals surface area contributed by atoms with Crippen molar-refractivity contribution in [1.82, 2.24) is 39.9 Å². The van der Waals surface area contributed by atoms with E-state index in [4.69, 9.17) is 122 Å². The second kappa shape index (κ2) is 37.1. The first-order valence-corrected chi connectivity index (χ1v) is 29.1. The number of methoxy groups -OCH3 is 4. The SMILES string of the molecule is COc1c(Cl)ccc(Cl)c1C(=O)O.COc1c(Cl)ccc(Cl)c1C(=O)Oc1cnc2ccccc2n1.COc1c(Cl)ccc(Cl)c1C=O.COc1c(Cl)ccc(Cl)c1C=O.O.O=c1cnc2ccccc2[nH]1.O=c1cnc2ccccc2[nH]1.[O-]c1cnc2ccccc2n1. The molecule has 0 aliphatic rings. The van der Waals surface area contributed by atoms with Crippen molar-refractivity contribution in [2.24, 2.45) is 0 Å². The molecule has 4 aromatic heterocycles. The van der Waals surface area contributed by atoms with E-state index in [0.717, 1.165) is 27.6 Å². The second-order valence-electron chi connectivity index (χ2n) is 17.7. The number of nitrogens with one attached hydrogen (secondary N) is 2. The smallest absolute Gasteiger partial charge is 0.350 e. The van der Waals surface area contributed by atoms with Crippen molar-refractivity contribution in [3.8, 4) is 34.8 Å². The number of benzene rings is 8. The minimum Gasteiger partial charge on any atom is -0.858 e. The summed E-state index contributed by atoms with van der Waals surface area (Å²) in [7, 11) is 5.60. The third-order valence-electron chi connectivity index (χ3n) is 11.8. The van der Waals surface area contributed by atoms with E-state index in [2.05, 4.69) is 39.9 Å². The van der Waals surface area contributed by atoms with Crippen molar-refractivity contribution in [3.05, 3.63) is 254 Å². The van der Waals surface area contributed by atoms with Crippen LogP contribution in [0.3, 0.4) is 0 Å². The van der Waals surface area contributed by atoms with Crippen molar-refractivity contribution in [1.29, 1.82) is 0 Å². The van der Waals surface area contributed by atoms with Gasteiger partial charge in [0.2, 0.25) is 5.88 Å². The van der Waals surface area contributed by atoms with E-state index in [1.807, 2.05) is 84.9 Å². The van der Waals surface area contributed by atoms with Gasteiger partial charge in [0, 0.05) is 12.1 Å². The number of carboxylic acids is 1. The first-order valence-electron chi connectivity index (χ1n) is 26.1. The molecule has 0 fully saturated rings. The predicted molar refractivity (Wildman–Crippen MR) is 362 cm³/mol. The maximum absolute atomic E-state index is 12.4. The number of aldehydes is 2. The minimum atomic E-state index is -1.16. The van der Waals surface area contributed by atoms with Crippen molar-refractivity contribution in [3.63, 3.8) is 0 Å². The summed E-state index contributed by atoms with van der Waals surface area (Å²) in [6.45, 7) is 0. The highest BCUT2D eigenvalue weighted by molar-refractivity contribution is 6.39. The Balaban J connectivity index is 0.000000202. The number of aromatic amines is 2. The zero-order valence-corrected chi connectivity index (χ0v) is 54.9. The van der Waals surface area contributed by atoms with Gasteiger partial charge < -0.3 is 49.3 Å². The summed E-state index contributed by atoms with van der Waals surface area (Å²) < 4.78 is 25.0. The molecule has 0 aliphatic carbocycles. The van der Waals surface area contributed by atoms with E-state index >= 15 is 0 Å². The molecule has 0 saturated heterocycles. The normalized spacial score (nSPS) is 9.96. The highest BCUT2D eigenvalue weighted by Gasteiger charge is 2.23. The van der Waals surface area contributed by atoms with Crippen molar-refractivity contribution < 1.29 is 58.6 Å². The average molecular weight is 1440 g/mol. The summed E-state index contributed by atoms with van der Waals surface area (Å²) in [5.41, 5.74) is 6.07. The molecule has 94 heavy (non-hydrogen) atoms. The Bertz CT molecular complexity index is 4610. The molecular weight excluding hydrogens is 1390 g/mol. The molecule has 12 rings (SSSR count). The number of aromatic carboxylic acids is 1. The Morgan fingerprint density at radius 1 is 0.426 bits per heavy atom. The minimum absolute atomic E-state index is 0. The van der Waals surface area contributed by atoms with E-state index in [1.165, 1.54) is 77.5 Å². The number of H-pyrrole nitrogens is 2. The molecule has 484 valence electrons. The molecule has 22 nitrogen and oxygen atoms in total. The van der Waals surface area contributed by atoms with Gasteiger partial charge >= 0.3 is 11.9 Å². The summed E-state index contributed by atoms with van der Waals surface area (Å²) in [4.78, 5) is 95.0. The van der Waals surface area contributed by atoms with Gasteiger partial charge in [-0.05, 0) is 97.1 Å². The quantitative estimate of drug-likeness (QED) is 0.0892. The topological polar surface area (TPSA) is 332 Å². The Labute approximate surface area is 572 Å². The van der Waals surface area contributed by atoms with Gasteiger partial charge in [0.05, 0.1) is 142 Å². The second-order valence-corrected chi connectivity index (χ2v) is 20.9. The summed E-state index contributed by atoms with van der Waals surface area (Å²) in [5.74, 6) is -1.24. The number of ether oxygens (including phenoxy) is 5. The van der Waals surface area contributed by atoms with Gasteiger partial charge in [-0.2, -0.15) is 0 Å². The number of nitrogens with zero attached hydrogens (tertiary/aromatic N) is 6. The maximum Gasteiger partial charge on any atom is 0.350 e. The largest absolute Gasteiger partial charge is 0.858 e. The van der Waals surface area contributed by atoms with Gasteiger partial charge in [-0.25, -0.2) is 29.5 Å². The molecule has 4 heterocycles. The molecule has 0 radical (unpaired) electrons. The molecular formula is C64H47Cl8N8O14-. The van der Waals surface area contributed by atoms with Crippen LogP contribution in [0.15, 0.2) is 180 Å². The average Bonchev–Trinajstić information content (AvgIpc) is 0.856. The lowest BCUT2D eigenvalue weighted by atomic mass is 10.2. The van der Waals surface area contributed by atoms with Gasteiger partial charge in [-0.15, -0.1) is 0 Å². The van der Waals surface area contributed by atoms with Crippen LogP contribution in [-0.2, 0) is 0 Å². The number of fused-ring (bicyclic) bond motifs is 4. The van der Waals surface area contributed by atoms with E-state index in [0.29, 0.717) is 60.7 Å². The number of carboxylic acid groups (broad SMARTS) is 1. The summed E-state index contributed by atoms with van der Waals surface area (Å²) >= 11 is 46.3.